The highest BCUT2D eigenvalue weighted by molar-refractivity contribution is 5.90. The van der Waals surface area contributed by atoms with Gasteiger partial charge in [-0.05, 0) is 25.2 Å². The van der Waals surface area contributed by atoms with Crippen LogP contribution in [0.1, 0.15) is 46.0 Å². The summed E-state index contributed by atoms with van der Waals surface area (Å²) in [5, 5.41) is 11.8. The van der Waals surface area contributed by atoms with Crippen LogP contribution in [0, 0.1) is 5.92 Å². The van der Waals surface area contributed by atoms with Gasteiger partial charge in [-0.25, -0.2) is 9.59 Å². The maximum atomic E-state index is 12.7. The topological polar surface area (TPSA) is 95.9 Å². The number of carbonyl (C=O) groups is 3. The molecule has 2 N–H and O–H groups in total. The van der Waals surface area contributed by atoms with Gasteiger partial charge in [0.15, 0.2) is 0 Å². The van der Waals surface area contributed by atoms with E-state index in [4.69, 9.17) is 0 Å². The zero-order chi connectivity index (χ0) is 16.7. The molecule has 0 aromatic rings. The maximum absolute atomic E-state index is 12.7. The van der Waals surface area contributed by atoms with E-state index in [0.717, 1.165) is 19.3 Å². The normalized spacial score (nSPS) is 20.3. The molecule has 3 atom stereocenters. The molecule has 22 heavy (non-hydrogen) atoms. The molecule has 0 aliphatic carbocycles. The summed E-state index contributed by atoms with van der Waals surface area (Å²) in [4.78, 5) is 36.8. The van der Waals surface area contributed by atoms with Gasteiger partial charge >= 0.3 is 12.1 Å². The van der Waals surface area contributed by atoms with E-state index in [2.05, 4.69) is 17.0 Å². The number of unbranched alkanes of at least 4 members (excludes halogenated alkanes) is 1. The average molecular weight is 314 g/mol. The third-order valence-corrected chi connectivity index (χ3v) is 4.13. The molecule has 1 rings (SSSR count). The van der Waals surface area contributed by atoms with Gasteiger partial charge in [0.1, 0.15) is 12.1 Å². The summed E-state index contributed by atoms with van der Waals surface area (Å²) in [5.74, 6) is -1.41. The summed E-state index contributed by atoms with van der Waals surface area (Å²) < 4.78 is 4.59. The number of carbonyl (C=O) groups excluding carboxylic acids is 2. The standard InChI is InChI=1S/C15H26N2O5/c1-4-5-7-10(2)12(16-15(21)22-3)13(18)17-9-6-8-11(17)14(19)20/h10-12H,4-9H2,1-3H3,(H,16,21)(H,19,20)/t10-,11?,12-/m0/s1. The molecule has 7 heteroatoms. The Morgan fingerprint density at radius 2 is 2.09 bits per heavy atom. The molecule has 0 radical (unpaired) electrons. The molecule has 1 aliphatic heterocycles. The molecular formula is C15H26N2O5. The van der Waals surface area contributed by atoms with Crippen LogP contribution in [0.3, 0.4) is 0 Å². The van der Waals surface area contributed by atoms with Crippen molar-refractivity contribution in [2.75, 3.05) is 13.7 Å². The van der Waals surface area contributed by atoms with Crippen LogP contribution >= 0.6 is 0 Å². The van der Waals surface area contributed by atoms with E-state index in [0.29, 0.717) is 19.4 Å². The minimum absolute atomic E-state index is 0.0819. The van der Waals surface area contributed by atoms with Gasteiger partial charge in [0.25, 0.3) is 0 Å². The molecule has 1 fully saturated rings. The zero-order valence-corrected chi connectivity index (χ0v) is 13.5. The number of carboxylic acid groups (broad SMARTS) is 1. The van der Waals surface area contributed by atoms with Crippen molar-refractivity contribution >= 4 is 18.0 Å². The first-order valence-corrected chi connectivity index (χ1v) is 7.80. The van der Waals surface area contributed by atoms with Crippen molar-refractivity contribution in [2.45, 2.75) is 58.0 Å². The number of alkyl carbamates (subject to hydrolysis) is 1. The second-order valence-electron chi connectivity index (χ2n) is 5.76. The lowest BCUT2D eigenvalue weighted by Gasteiger charge is -2.30. The SMILES string of the molecule is CCCC[C@H](C)[C@H](NC(=O)OC)C(=O)N1CCCC1C(=O)O. The molecule has 0 saturated carbocycles. The van der Waals surface area contributed by atoms with E-state index in [1.165, 1.54) is 12.0 Å². The van der Waals surface area contributed by atoms with Crippen molar-refractivity contribution in [2.24, 2.45) is 5.92 Å². The van der Waals surface area contributed by atoms with E-state index < -0.39 is 24.1 Å². The number of nitrogens with one attached hydrogen (secondary N) is 1. The van der Waals surface area contributed by atoms with Gasteiger partial charge in [-0.1, -0.05) is 26.7 Å². The zero-order valence-electron chi connectivity index (χ0n) is 13.5. The Morgan fingerprint density at radius 1 is 1.41 bits per heavy atom. The van der Waals surface area contributed by atoms with Crippen LogP contribution in [0.4, 0.5) is 4.79 Å². The van der Waals surface area contributed by atoms with Crippen molar-refractivity contribution in [3.63, 3.8) is 0 Å². The number of ether oxygens (including phenoxy) is 1. The van der Waals surface area contributed by atoms with Crippen molar-refractivity contribution in [1.82, 2.24) is 10.2 Å². The second-order valence-corrected chi connectivity index (χ2v) is 5.76. The lowest BCUT2D eigenvalue weighted by Crippen LogP contribution is -2.54. The molecule has 1 unspecified atom stereocenters. The van der Waals surface area contributed by atoms with Gasteiger partial charge in [-0.2, -0.15) is 0 Å². The predicted molar refractivity (Wildman–Crippen MR) is 80.4 cm³/mol. The van der Waals surface area contributed by atoms with E-state index >= 15 is 0 Å². The molecule has 1 aliphatic rings. The fraction of sp³-hybridized carbons (Fsp3) is 0.800. The number of likely N-dealkylation sites (tertiary alicyclic amines) is 1. The molecule has 0 bridgehead atoms. The van der Waals surface area contributed by atoms with Crippen molar-refractivity contribution in [3.05, 3.63) is 0 Å². The average Bonchev–Trinajstić information content (AvgIpc) is 2.98. The first-order valence-electron chi connectivity index (χ1n) is 7.80. The lowest BCUT2D eigenvalue weighted by atomic mass is 9.94. The van der Waals surface area contributed by atoms with E-state index in [1.54, 1.807) is 0 Å². The molecule has 0 aromatic carbocycles. The van der Waals surface area contributed by atoms with Crippen LogP contribution in [0.5, 0.6) is 0 Å². The highest BCUT2D eigenvalue weighted by atomic mass is 16.5. The fourth-order valence-electron chi connectivity index (χ4n) is 2.79. The summed E-state index contributed by atoms with van der Waals surface area (Å²) in [7, 11) is 1.24. The number of rotatable bonds is 7. The molecule has 1 heterocycles. The van der Waals surface area contributed by atoms with E-state index in [-0.39, 0.29) is 11.8 Å². The van der Waals surface area contributed by atoms with Crippen molar-refractivity contribution < 1.29 is 24.2 Å². The van der Waals surface area contributed by atoms with Crippen molar-refractivity contribution in [3.8, 4) is 0 Å². The van der Waals surface area contributed by atoms with E-state index in [1.807, 2.05) is 6.92 Å². The summed E-state index contributed by atoms with van der Waals surface area (Å²) >= 11 is 0. The maximum Gasteiger partial charge on any atom is 0.407 e. The minimum Gasteiger partial charge on any atom is -0.480 e. The Bertz CT molecular complexity index is 413. The van der Waals surface area contributed by atoms with Crippen LogP contribution in [-0.4, -0.2) is 53.7 Å². The number of carboxylic acids is 1. The van der Waals surface area contributed by atoms with Gasteiger partial charge in [0.2, 0.25) is 5.91 Å². The van der Waals surface area contributed by atoms with E-state index in [9.17, 15) is 19.5 Å². The van der Waals surface area contributed by atoms with Crippen LogP contribution in [0.15, 0.2) is 0 Å². The largest absolute Gasteiger partial charge is 0.480 e. The highest BCUT2D eigenvalue weighted by Crippen LogP contribution is 2.22. The van der Waals surface area contributed by atoms with Gasteiger partial charge in [-0.3, -0.25) is 4.79 Å². The van der Waals surface area contributed by atoms with Crippen LogP contribution < -0.4 is 5.32 Å². The number of aliphatic carboxylic acids is 1. The summed E-state index contributed by atoms with van der Waals surface area (Å²) in [6.07, 6.45) is 3.16. The van der Waals surface area contributed by atoms with Crippen LogP contribution in [0.25, 0.3) is 0 Å². The molecule has 2 amide bonds. The lowest BCUT2D eigenvalue weighted by molar-refractivity contribution is -0.149. The third kappa shape index (κ3) is 4.61. The Morgan fingerprint density at radius 3 is 2.64 bits per heavy atom. The number of methoxy groups -OCH3 is 1. The first-order chi connectivity index (χ1) is 10.4. The molecule has 126 valence electrons. The van der Waals surface area contributed by atoms with Gasteiger partial charge < -0.3 is 20.1 Å². The van der Waals surface area contributed by atoms with Gasteiger partial charge in [-0.15, -0.1) is 0 Å². The van der Waals surface area contributed by atoms with Gasteiger partial charge in [0, 0.05) is 6.54 Å². The highest BCUT2D eigenvalue weighted by Gasteiger charge is 2.39. The Labute approximate surface area is 131 Å². The quantitative estimate of drug-likeness (QED) is 0.744. The fourth-order valence-corrected chi connectivity index (χ4v) is 2.79. The minimum atomic E-state index is -0.996. The summed E-state index contributed by atoms with van der Waals surface area (Å²) in [6.45, 7) is 4.36. The van der Waals surface area contributed by atoms with Crippen LogP contribution in [-0.2, 0) is 14.3 Å². The molecule has 7 nitrogen and oxygen atoms in total. The first kappa shape index (κ1) is 18.3. The van der Waals surface area contributed by atoms with Crippen molar-refractivity contribution in [1.29, 1.82) is 0 Å². The number of nitrogens with zero attached hydrogens (tertiary/aromatic N) is 1. The third-order valence-electron chi connectivity index (χ3n) is 4.13. The number of hydrogen-bond acceptors (Lipinski definition) is 4. The van der Waals surface area contributed by atoms with Gasteiger partial charge in [0.05, 0.1) is 7.11 Å². The number of hydrogen-bond donors (Lipinski definition) is 2. The molecular weight excluding hydrogens is 288 g/mol. The Balaban J connectivity index is 2.86. The smallest absolute Gasteiger partial charge is 0.407 e. The number of amides is 2. The van der Waals surface area contributed by atoms with Crippen LogP contribution in [0.2, 0.25) is 0 Å². The molecule has 0 spiro atoms. The molecule has 1 saturated heterocycles. The molecule has 0 aromatic heterocycles. The Hall–Kier alpha value is -1.79. The Kier molecular flexibility index (Phi) is 7.14. The summed E-state index contributed by atoms with van der Waals surface area (Å²) in [6, 6.07) is -1.55. The predicted octanol–water partition coefficient (Wildman–Crippen LogP) is 1.61. The monoisotopic (exact) mass is 314 g/mol. The summed E-state index contributed by atoms with van der Waals surface area (Å²) in [5.41, 5.74) is 0. The second kappa shape index (κ2) is 8.60.